The van der Waals surface area contributed by atoms with Crippen LogP contribution < -0.4 is 0 Å². The zero-order valence-electron chi connectivity index (χ0n) is 8.27. The zero-order chi connectivity index (χ0) is 12.3. The Morgan fingerprint density at radius 1 is 1.38 bits per heavy atom. The first-order valence-corrected chi connectivity index (χ1v) is 5.23. The Labute approximate surface area is 98.5 Å². The zero-order valence-corrected chi connectivity index (χ0v) is 9.85. The van der Waals surface area contributed by atoms with Gasteiger partial charge in [0.2, 0.25) is 0 Å². The second-order valence-corrected chi connectivity index (χ2v) is 4.13. The molecule has 0 heterocycles. The van der Waals surface area contributed by atoms with Gasteiger partial charge in [-0.2, -0.15) is 0 Å². The van der Waals surface area contributed by atoms with Gasteiger partial charge in [-0.1, -0.05) is 22.0 Å². The Kier molecular flexibility index (Phi) is 4.35. The van der Waals surface area contributed by atoms with E-state index < -0.39 is 28.2 Å². The molecule has 1 atom stereocenters. The summed E-state index contributed by atoms with van der Waals surface area (Å²) in [4.78, 5) is 10.2. The van der Waals surface area contributed by atoms with E-state index in [-0.39, 0.29) is 12.0 Å². The van der Waals surface area contributed by atoms with Crippen LogP contribution in [0.1, 0.15) is 5.56 Å². The highest BCUT2D eigenvalue weighted by molar-refractivity contribution is 9.10. The number of halogens is 4. The molecule has 0 aromatic heterocycles. The molecule has 1 rings (SSSR count). The molecule has 0 bridgehead atoms. The molecule has 0 saturated heterocycles. The Bertz CT molecular complexity index is 409. The molecular weight excluding hydrogens is 289 g/mol. The van der Waals surface area contributed by atoms with Crippen LogP contribution in [0.2, 0.25) is 0 Å². The number of alkyl halides is 1. The lowest BCUT2D eigenvalue weighted by Gasteiger charge is -2.08. The van der Waals surface area contributed by atoms with Crippen molar-refractivity contribution in [2.24, 2.45) is 0 Å². The minimum atomic E-state index is -1.54. The smallest absolute Gasteiger partial charge is 0.319 e. The van der Waals surface area contributed by atoms with Crippen LogP contribution in [-0.4, -0.2) is 17.9 Å². The molecule has 0 fully saturated rings. The van der Waals surface area contributed by atoms with E-state index in [1.165, 1.54) is 7.11 Å². The van der Waals surface area contributed by atoms with Crippen LogP contribution in [0.25, 0.3) is 0 Å². The van der Waals surface area contributed by atoms with Crippen LogP contribution >= 0.6 is 15.9 Å². The Morgan fingerprint density at radius 2 is 2.00 bits per heavy atom. The Balaban J connectivity index is 2.90. The van der Waals surface area contributed by atoms with Crippen molar-refractivity contribution < 1.29 is 22.7 Å². The van der Waals surface area contributed by atoms with Crippen molar-refractivity contribution >= 4 is 21.9 Å². The number of benzene rings is 1. The third-order valence-electron chi connectivity index (χ3n) is 1.97. The molecule has 0 amide bonds. The largest absolute Gasteiger partial charge is 0.468 e. The first-order valence-electron chi connectivity index (χ1n) is 4.31. The highest BCUT2D eigenvalue weighted by atomic mass is 79.9. The maximum Gasteiger partial charge on any atom is 0.319 e. The van der Waals surface area contributed by atoms with Gasteiger partial charge in [-0.15, -0.1) is 0 Å². The highest BCUT2D eigenvalue weighted by Gasteiger charge is 2.20. The standard InChI is InChI=1S/C10H8BrF3O2/c1-16-10(15)6(11)4-5-2-3-7(12)9(14)8(5)13/h2-3,6H,4H2,1H3. The lowest BCUT2D eigenvalue weighted by atomic mass is 10.1. The van der Waals surface area contributed by atoms with Gasteiger partial charge in [0.15, 0.2) is 17.5 Å². The van der Waals surface area contributed by atoms with E-state index in [2.05, 4.69) is 20.7 Å². The van der Waals surface area contributed by atoms with E-state index in [0.29, 0.717) is 0 Å². The van der Waals surface area contributed by atoms with Gasteiger partial charge in [0.25, 0.3) is 0 Å². The van der Waals surface area contributed by atoms with Gasteiger partial charge in [-0.25, -0.2) is 13.2 Å². The van der Waals surface area contributed by atoms with Crippen LogP contribution in [0.5, 0.6) is 0 Å². The van der Waals surface area contributed by atoms with E-state index in [1.807, 2.05) is 0 Å². The molecule has 0 saturated carbocycles. The SMILES string of the molecule is COC(=O)C(Br)Cc1ccc(F)c(F)c1F. The minimum Gasteiger partial charge on any atom is -0.468 e. The first-order chi connectivity index (χ1) is 7.47. The summed E-state index contributed by atoms with van der Waals surface area (Å²) in [6, 6.07) is 1.90. The minimum absolute atomic E-state index is 0.0915. The molecule has 0 N–H and O–H groups in total. The third kappa shape index (κ3) is 2.75. The van der Waals surface area contributed by atoms with Gasteiger partial charge in [0.1, 0.15) is 4.83 Å². The summed E-state index contributed by atoms with van der Waals surface area (Å²) < 4.78 is 43.1. The molecule has 0 radical (unpaired) electrons. The van der Waals surface area contributed by atoms with Crippen molar-refractivity contribution in [3.05, 3.63) is 35.1 Å². The maximum atomic E-state index is 13.2. The van der Waals surface area contributed by atoms with Gasteiger partial charge < -0.3 is 4.74 Å². The number of carbonyl (C=O) groups is 1. The lowest BCUT2D eigenvalue weighted by molar-refractivity contribution is -0.139. The molecule has 88 valence electrons. The van der Waals surface area contributed by atoms with Gasteiger partial charge in [-0.05, 0) is 18.1 Å². The van der Waals surface area contributed by atoms with E-state index in [9.17, 15) is 18.0 Å². The third-order valence-corrected chi connectivity index (χ3v) is 2.67. The molecule has 6 heteroatoms. The van der Waals surface area contributed by atoms with Crippen molar-refractivity contribution in [3.8, 4) is 0 Å². The van der Waals surface area contributed by atoms with Crippen LogP contribution in [-0.2, 0) is 16.0 Å². The molecule has 1 aromatic carbocycles. The molecule has 0 aliphatic heterocycles. The summed E-state index contributed by atoms with van der Waals surface area (Å²) in [5.41, 5.74) is -0.0915. The van der Waals surface area contributed by atoms with E-state index in [1.54, 1.807) is 0 Å². The molecule has 1 unspecified atom stereocenters. The van der Waals surface area contributed by atoms with Crippen molar-refractivity contribution in [3.63, 3.8) is 0 Å². The fourth-order valence-corrected chi connectivity index (χ4v) is 1.66. The normalized spacial score (nSPS) is 12.3. The lowest BCUT2D eigenvalue weighted by Crippen LogP contribution is -2.19. The molecular formula is C10H8BrF3O2. The molecule has 0 aliphatic rings. The number of rotatable bonds is 3. The Hall–Kier alpha value is -1.04. The van der Waals surface area contributed by atoms with Crippen LogP contribution in [0.4, 0.5) is 13.2 Å². The monoisotopic (exact) mass is 296 g/mol. The number of hydrogen-bond acceptors (Lipinski definition) is 2. The van der Waals surface area contributed by atoms with Gasteiger partial charge in [0, 0.05) is 0 Å². The predicted octanol–water partition coefficient (Wildman–Crippen LogP) is 2.58. The number of hydrogen-bond donors (Lipinski definition) is 0. The van der Waals surface area contributed by atoms with Crippen molar-refractivity contribution in [1.82, 2.24) is 0 Å². The second kappa shape index (κ2) is 5.34. The summed E-state index contributed by atoms with van der Waals surface area (Å²) in [7, 11) is 1.18. The molecule has 2 nitrogen and oxygen atoms in total. The average Bonchev–Trinajstić information content (AvgIpc) is 2.28. The highest BCUT2D eigenvalue weighted by Crippen LogP contribution is 2.19. The van der Waals surface area contributed by atoms with Crippen molar-refractivity contribution in [2.75, 3.05) is 7.11 Å². The first kappa shape index (κ1) is 13.0. The summed E-state index contributed by atoms with van der Waals surface area (Å²) in [6.45, 7) is 0. The van der Waals surface area contributed by atoms with E-state index in [0.717, 1.165) is 12.1 Å². The van der Waals surface area contributed by atoms with Gasteiger partial charge in [0.05, 0.1) is 7.11 Å². The predicted molar refractivity (Wildman–Crippen MR) is 54.8 cm³/mol. The molecule has 1 aromatic rings. The van der Waals surface area contributed by atoms with Crippen LogP contribution in [0.15, 0.2) is 12.1 Å². The summed E-state index contributed by atoms with van der Waals surface area (Å²) >= 11 is 2.96. The van der Waals surface area contributed by atoms with Gasteiger partial charge in [-0.3, -0.25) is 4.79 Å². The second-order valence-electron chi connectivity index (χ2n) is 3.03. The van der Waals surface area contributed by atoms with Crippen molar-refractivity contribution in [2.45, 2.75) is 11.2 Å². The van der Waals surface area contributed by atoms with E-state index >= 15 is 0 Å². The number of methoxy groups -OCH3 is 1. The topological polar surface area (TPSA) is 26.3 Å². The molecule has 16 heavy (non-hydrogen) atoms. The quantitative estimate of drug-likeness (QED) is 0.487. The van der Waals surface area contributed by atoms with Crippen LogP contribution in [0.3, 0.4) is 0 Å². The maximum absolute atomic E-state index is 13.2. The summed E-state index contributed by atoms with van der Waals surface area (Å²) in [5.74, 6) is -4.69. The fourth-order valence-electron chi connectivity index (χ4n) is 1.13. The number of ether oxygens (including phenoxy) is 1. The fraction of sp³-hybridized carbons (Fsp3) is 0.300. The number of esters is 1. The molecule has 0 aliphatic carbocycles. The van der Waals surface area contributed by atoms with Crippen LogP contribution in [0, 0.1) is 17.5 Å². The van der Waals surface area contributed by atoms with E-state index in [4.69, 9.17) is 0 Å². The molecule has 0 spiro atoms. The average molecular weight is 297 g/mol. The van der Waals surface area contributed by atoms with Crippen molar-refractivity contribution in [1.29, 1.82) is 0 Å². The van der Waals surface area contributed by atoms with Gasteiger partial charge >= 0.3 is 5.97 Å². The summed E-state index contributed by atoms with van der Waals surface area (Å²) in [6.07, 6.45) is -0.115. The number of carbonyl (C=O) groups excluding carboxylic acids is 1. The summed E-state index contributed by atoms with van der Waals surface area (Å²) in [5, 5.41) is 0. The Morgan fingerprint density at radius 3 is 2.56 bits per heavy atom.